The number of halogens is 2. The van der Waals surface area contributed by atoms with Crippen LogP contribution in [0.2, 0.25) is 0 Å². The number of nitrogens with zero attached hydrogens (tertiary/aromatic N) is 3. The molecule has 5 heteroatoms. The van der Waals surface area contributed by atoms with E-state index < -0.39 is 0 Å². The van der Waals surface area contributed by atoms with Gasteiger partial charge in [-0.1, -0.05) is 18.2 Å². The lowest BCUT2D eigenvalue weighted by molar-refractivity contribution is 0.628. The maximum atomic E-state index is 14.1. The van der Waals surface area contributed by atoms with Gasteiger partial charge in [0.2, 0.25) is 0 Å². The van der Waals surface area contributed by atoms with Crippen molar-refractivity contribution in [1.29, 1.82) is 0 Å². The van der Waals surface area contributed by atoms with E-state index in [-0.39, 0.29) is 23.0 Å². The molecule has 28 heavy (non-hydrogen) atoms. The van der Waals surface area contributed by atoms with Gasteiger partial charge in [-0.2, -0.15) is 0 Å². The highest BCUT2D eigenvalue weighted by Crippen LogP contribution is 2.21. The predicted molar refractivity (Wildman–Crippen MR) is 110 cm³/mol. The van der Waals surface area contributed by atoms with Crippen molar-refractivity contribution in [3.05, 3.63) is 88.7 Å². The molecule has 0 saturated heterocycles. The minimum absolute atomic E-state index is 0.266. The van der Waals surface area contributed by atoms with Gasteiger partial charge in [0.25, 0.3) is 0 Å². The highest BCUT2D eigenvalue weighted by atomic mass is 19.1. The van der Waals surface area contributed by atoms with E-state index in [0.717, 1.165) is 11.1 Å². The largest absolute Gasteiger partial charge is 0.248 e. The number of pyridine rings is 1. The lowest BCUT2D eigenvalue weighted by Crippen LogP contribution is -2.05. The van der Waals surface area contributed by atoms with Crippen LogP contribution in [-0.2, 0) is 0 Å². The summed E-state index contributed by atoms with van der Waals surface area (Å²) in [5, 5.41) is 0. The molecule has 0 atom stereocenters. The van der Waals surface area contributed by atoms with Crippen LogP contribution in [0.4, 0.5) is 20.2 Å². The molecule has 3 aromatic rings. The Kier molecular flexibility index (Phi) is 5.73. The molecule has 3 nitrogen and oxygen atoms in total. The standard InChI is InChI=1S/C23H21F2N3/c1-14-8-10-22(18(24)12-14)26-16(3)20-6-5-7-21(28-20)17(4)27-23-11-9-15(2)13-19(23)25/h5-13H,1-4H3. The molecule has 0 saturated carbocycles. The van der Waals surface area contributed by atoms with Gasteiger partial charge in [-0.15, -0.1) is 0 Å². The van der Waals surface area contributed by atoms with E-state index in [2.05, 4.69) is 15.0 Å². The lowest BCUT2D eigenvalue weighted by atomic mass is 10.2. The molecule has 1 aromatic heterocycles. The van der Waals surface area contributed by atoms with Gasteiger partial charge in [0.15, 0.2) is 0 Å². The summed E-state index contributed by atoms with van der Waals surface area (Å²) in [5.41, 5.74) is 4.59. The van der Waals surface area contributed by atoms with Gasteiger partial charge in [0.1, 0.15) is 11.6 Å². The van der Waals surface area contributed by atoms with Crippen LogP contribution in [0.15, 0.2) is 64.6 Å². The van der Waals surface area contributed by atoms with E-state index in [1.54, 1.807) is 38.1 Å². The van der Waals surface area contributed by atoms with Gasteiger partial charge in [-0.25, -0.2) is 23.7 Å². The minimum atomic E-state index is -0.372. The van der Waals surface area contributed by atoms with Crippen molar-refractivity contribution < 1.29 is 8.78 Å². The number of rotatable bonds is 4. The highest BCUT2D eigenvalue weighted by molar-refractivity contribution is 6.02. The summed E-state index contributed by atoms with van der Waals surface area (Å²) < 4.78 is 28.1. The van der Waals surface area contributed by atoms with Gasteiger partial charge in [-0.3, -0.25) is 0 Å². The van der Waals surface area contributed by atoms with Crippen molar-refractivity contribution in [2.75, 3.05) is 0 Å². The zero-order valence-electron chi connectivity index (χ0n) is 16.3. The minimum Gasteiger partial charge on any atom is -0.248 e. The fourth-order valence-electron chi connectivity index (χ4n) is 2.72. The molecule has 0 amide bonds. The Hall–Kier alpha value is -3.21. The molecule has 0 fully saturated rings. The third kappa shape index (κ3) is 4.55. The molecule has 0 aliphatic heterocycles. The summed E-state index contributed by atoms with van der Waals surface area (Å²) in [5.74, 6) is -0.744. The molecule has 1 heterocycles. The van der Waals surface area contributed by atoms with Crippen molar-refractivity contribution in [3.63, 3.8) is 0 Å². The fourth-order valence-corrected chi connectivity index (χ4v) is 2.72. The summed E-state index contributed by atoms with van der Waals surface area (Å²) in [6.45, 7) is 7.20. The molecule has 0 spiro atoms. The Morgan fingerprint density at radius 2 is 1.14 bits per heavy atom. The molecule has 0 aliphatic carbocycles. The third-order valence-corrected chi connectivity index (χ3v) is 4.27. The van der Waals surface area contributed by atoms with E-state index in [1.807, 2.05) is 32.0 Å². The molecular weight excluding hydrogens is 356 g/mol. The van der Waals surface area contributed by atoms with Crippen molar-refractivity contribution in [2.24, 2.45) is 9.98 Å². The first kappa shape index (κ1) is 19.5. The Balaban J connectivity index is 1.93. The molecule has 0 unspecified atom stereocenters. The summed E-state index contributed by atoms with van der Waals surface area (Å²) >= 11 is 0. The van der Waals surface area contributed by atoms with Gasteiger partial charge in [0.05, 0.1) is 34.2 Å². The molecule has 2 aromatic carbocycles. The maximum absolute atomic E-state index is 14.1. The number of benzene rings is 2. The summed E-state index contributed by atoms with van der Waals surface area (Å²) in [6, 6.07) is 15.2. The Morgan fingerprint density at radius 3 is 1.54 bits per heavy atom. The summed E-state index contributed by atoms with van der Waals surface area (Å²) in [6.07, 6.45) is 0. The SMILES string of the molecule is CC(=Nc1ccc(C)cc1F)c1cccc(C(C)=Nc2ccc(C)cc2F)n1. The van der Waals surface area contributed by atoms with E-state index in [1.165, 1.54) is 12.1 Å². The quantitative estimate of drug-likeness (QED) is 0.495. The molecule has 3 rings (SSSR count). The molecule has 142 valence electrons. The lowest BCUT2D eigenvalue weighted by Gasteiger charge is -2.06. The van der Waals surface area contributed by atoms with Gasteiger partial charge in [-0.05, 0) is 75.2 Å². The Bertz CT molecular complexity index is 1000. The van der Waals surface area contributed by atoms with Crippen molar-refractivity contribution in [2.45, 2.75) is 27.7 Å². The molecule has 0 radical (unpaired) electrons. The van der Waals surface area contributed by atoms with Crippen molar-refractivity contribution in [1.82, 2.24) is 4.98 Å². The number of hydrogen-bond donors (Lipinski definition) is 0. The van der Waals surface area contributed by atoms with Crippen LogP contribution in [0, 0.1) is 25.5 Å². The first-order valence-electron chi connectivity index (χ1n) is 8.94. The van der Waals surface area contributed by atoms with Crippen LogP contribution in [-0.4, -0.2) is 16.4 Å². The van der Waals surface area contributed by atoms with Gasteiger partial charge in [0, 0.05) is 0 Å². The monoisotopic (exact) mass is 377 g/mol. The first-order chi connectivity index (χ1) is 13.3. The van der Waals surface area contributed by atoms with Gasteiger partial charge >= 0.3 is 0 Å². The number of hydrogen-bond acceptors (Lipinski definition) is 3. The third-order valence-electron chi connectivity index (χ3n) is 4.27. The number of aryl methyl sites for hydroxylation is 2. The van der Waals surface area contributed by atoms with Crippen LogP contribution in [0.3, 0.4) is 0 Å². The smallest absolute Gasteiger partial charge is 0.149 e. The fraction of sp³-hybridized carbons (Fsp3) is 0.174. The summed E-state index contributed by atoms with van der Waals surface area (Å²) in [4.78, 5) is 13.3. The zero-order valence-corrected chi connectivity index (χ0v) is 16.3. The van der Waals surface area contributed by atoms with E-state index in [4.69, 9.17) is 0 Å². The average Bonchev–Trinajstić information content (AvgIpc) is 2.66. The van der Waals surface area contributed by atoms with Crippen molar-refractivity contribution in [3.8, 4) is 0 Å². The second-order valence-electron chi connectivity index (χ2n) is 6.71. The second-order valence-corrected chi connectivity index (χ2v) is 6.71. The molecule has 0 bridgehead atoms. The molecule has 0 aliphatic rings. The number of aromatic nitrogens is 1. The van der Waals surface area contributed by atoms with Crippen molar-refractivity contribution >= 4 is 22.8 Å². The Labute approximate surface area is 163 Å². The van der Waals surface area contributed by atoms with E-state index in [9.17, 15) is 8.78 Å². The predicted octanol–water partition coefficient (Wildman–Crippen LogP) is 6.26. The second kappa shape index (κ2) is 8.21. The first-order valence-corrected chi connectivity index (χ1v) is 8.94. The van der Waals surface area contributed by atoms with Crippen LogP contribution in [0.5, 0.6) is 0 Å². The number of aliphatic imine (C=N–C) groups is 2. The van der Waals surface area contributed by atoms with Crippen LogP contribution in [0.25, 0.3) is 0 Å². The highest BCUT2D eigenvalue weighted by Gasteiger charge is 2.08. The van der Waals surface area contributed by atoms with Crippen LogP contribution in [0.1, 0.15) is 36.4 Å². The zero-order chi connectivity index (χ0) is 20.3. The maximum Gasteiger partial charge on any atom is 0.149 e. The average molecular weight is 377 g/mol. The molecule has 0 N–H and O–H groups in total. The van der Waals surface area contributed by atoms with Crippen LogP contribution >= 0.6 is 0 Å². The van der Waals surface area contributed by atoms with Crippen LogP contribution < -0.4 is 0 Å². The van der Waals surface area contributed by atoms with Gasteiger partial charge < -0.3 is 0 Å². The summed E-state index contributed by atoms with van der Waals surface area (Å²) in [7, 11) is 0. The normalized spacial score (nSPS) is 12.4. The molecular formula is C23H21F2N3. The Morgan fingerprint density at radius 1 is 0.714 bits per heavy atom. The van der Waals surface area contributed by atoms with E-state index in [0.29, 0.717) is 22.8 Å². The topological polar surface area (TPSA) is 37.6 Å². The van der Waals surface area contributed by atoms with E-state index >= 15 is 0 Å².